The quantitative estimate of drug-likeness (QED) is 0.0322. The van der Waals surface area contributed by atoms with E-state index in [1.807, 2.05) is 6.08 Å². The Balaban J connectivity index is 3.49. The molecule has 0 saturated carbocycles. The third kappa shape index (κ3) is 45.9. The highest BCUT2D eigenvalue weighted by Gasteiger charge is 2.18. The Bertz CT molecular complexity index is 935. The average molecular weight is 846 g/mol. The van der Waals surface area contributed by atoms with E-state index < -0.39 is 12.1 Å². The van der Waals surface area contributed by atoms with Gasteiger partial charge < -0.3 is 20.3 Å². The monoisotopic (exact) mass is 846 g/mol. The Morgan fingerprint density at radius 1 is 0.450 bits per heavy atom. The Kier molecular flexibility index (Phi) is 48.6. The number of hydrogen-bond acceptors (Lipinski definition) is 5. The van der Waals surface area contributed by atoms with Gasteiger partial charge in [0.1, 0.15) is 0 Å². The van der Waals surface area contributed by atoms with Crippen molar-refractivity contribution in [2.45, 2.75) is 296 Å². The maximum atomic E-state index is 12.4. The van der Waals surface area contributed by atoms with Crippen molar-refractivity contribution >= 4 is 11.9 Å². The average Bonchev–Trinajstić information content (AvgIpc) is 3.25. The number of rotatable bonds is 49. The van der Waals surface area contributed by atoms with Gasteiger partial charge in [-0.2, -0.15) is 0 Å². The zero-order valence-electron chi connectivity index (χ0n) is 40.2. The van der Waals surface area contributed by atoms with Crippen molar-refractivity contribution < 1.29 is 24.5 Å². The summed E-state index contributed by atoms with van der Waals surface area (Å²) in [7, 11) is 0. The number of ether oxygens (including phenoxy) is 1. The second kappa shape index (κ2) is 50.0. The first-order valence-electron chi connectivity index (χ1n) is 26.6. The number of hydrogen-bond donors (Lipinski definition) is 3. The maximum absolute atomic E-state index is 12.4. The highest BCUT2D eigenvalue weighted by atomic mass is 16.5. The first kappa shape index (κ1) is 58.3. The molecule has 0 fully saturated rings. The second-order valence-corrected chi connectivity index (χ2v) is 18.2. The fourth-order valence-electron chi connectivity index (χ4n) is 8.10. The fourth-order valence-corrected chi connectivity index (χ4v) is 8.10. The molecule has 0 aliphatic rings. The molecule has 6 heteroatoms. The lowest BCUT2D eigenvalue weighted by molar-refractivity contribution is -0.143. The molecule has 354 valence electrons. The summed E-state index contributed by atoms with van der Waals surface area (Å²) < 4.78 is 5.45. The third-order valence-electron chi connectivity index (χ3n) is 12.2. The van der Waals surface area contributed by atoms with Crippen molar-refractivity contribution in [1.29, 1.82) is 0 Å². The second-order valence-electron chi connectivity index (χ2n) is 18.2. The summed E-state index contributed by atoms with van der Waals surface area (Å²) in [5.41, 5.74) is 0. The largest absolute Gasteiger partial charge is 0.466 e. The van der Waals surface area contributed by atoms with Crippen LogP contribution in [0.5, 0.6) is 0 Å². The molecule has 60 heavy (non-hydrogen) atoms. The maximum Gasteiger partial charge on any atom is 0.305 e. The summed E-state index contributed by atoms with van der Waals surface area (Å²) in [6.07, 6.45) is 58.9. The van der Waals surface area contributed by atoms with Gasteiger partial charge in [0.05, 0.1) is 25.4 Å². The van der Waals surface area contributed by atoms with E-state index >= 15 is 0 Å². The summed E-state index contributed by atoms with van der Waals surface area (Å²) in [6, 6.07) is -0.636. The standard InChI is InChI=1S/C54H103NO5/c1-3-5-7-9-11-13-15-17-18-19-20-23-26-30-34-38-42-46-52(57)51(50-56)55-53(58)47-43-39-35-31-27-24-21-22-25-29-33-37-41-45-49-60-54(59)48-44-40-36-32-28-16-14-12-10-8-6-4-2/h12,14,42,46,51-52,56-57H,3-11,13,15-41,43-45,47-50H2,1-2H3,(H,55,58)/b14-12-,46-42+. The van der Waals surface area contributed by atoms with E-state index in [9.17, 15) is 19.8 Å². The lowest BCUT2D eigenvalue weighted by Crippen LogP contribution is -2.45. The first-order chi connectivity index (χ1) is 29.5. The Labute approximate surface area is 373 Å². The number of allylic oxidation sites excluding steroid dienone is 3. The van der Waals surface area contributed by atoms with Crippen molar-refractivity contribution in [3.05, 3.63) is 24.3 Å². The highest BCUT2D eigenvalue weighted by molar-refractivity contribution is 5.76. The van der Waals surface area contributed by atoms with Gasteiger partial charge in [0.15, 0.2) is 0 Å². The highest BCUT2D eigenvalue weighted by Crippen LogP contribution is 2.16. The fraction of sp³-hybridized carbons (Fsp3) is 0.889. The normalized spacial score (nSPS) is 12.8. The van der Waals surface area contributed by atoms with E-state index in [0.717, 1.165) is 57.8 Å². The predicted molar refractivity (Wildman–Crippen MR) is 260 cm³/mol. The molecule has 6 nitrogen and oxygen atoms in total. The molecule has 0 radical (unpaired) electrons. The van der Waals surface area contributed by atoms with Crippen molar-refractivity contribution in [1.82, 2.24) is 5.32 Å². The SMILES string of the molecule is CCCCC/C=C\CCCCCCCC(=O)OCCCCCCCCCCCCCCCCC(=O)NC(CO)C(O)/C=C/CCCCCCCCCCCCCCCCC. The summed E-state index contributed by atoms with van der Waals surface area (Å²) in [6.45, 7) is 4.86. The molecule has 2 atom stereocenters. The molecule has 0 aromatic rings. The molecular formula is C54H103NO5. The van der Waals surface area contributed by atoms with Gasteiger partial charge in [0.2, 0.25) is 5.91 Å². The summed E-state index contributed by atoms with van der Waals surface area (Å²) in [4.78, 5) is 24.4. The predicted octanol–water partition coefficient (Wildman–Crippen LogP) is 15.9. The van der Waals surface area contributed by atoms with E-state index in [-0.39, 0.29) is 18.5 Å². The molecule has 0 saturated heterocycles. The van der Waals surface area contributed by atoms with Gasteiger partial charge in [-0.3, -0.25) is 9.59 Å². The first-order valence-corrected chi connectivity index (χ1v) is 26.6. The van der Waals surface area contributed by atoms with Crippen LogP contribution < -0.4 is 5.32 Å². The molecule has 1 amide bonds. The molecule has 0 spiro atoms. The third-order valence-corrected chi connectivity index (χ3v) is 12.2. The van der Waals surface area contributed by atoms with E-state index in [0.29, 0.717) is 19.4 Å². The molecular weight excluding hydrogens is 743 g/mol. The molecule has 2 unspecified atom stereocenters. The molecule has 0 aromatic carbocycles. The molecule has 3 N–H and O–H groups in total. The minimum atomic E-state index is -0.851. The topological polar surface area (TPSA) is 95.9 Å². The molecule has 0 bridgehead atoms. The number of carbonyl (C=O) groups is 2. The molecule has 0 heterocycles. The number of esters is 1. The molecule has 0 aromatic heterocycles. The van der Waals surface area contributed by atoms with Crippen LogP contribution >= 0.6 is 0 Å². The molecule has 0 rings (SSSR count). The smallest absolute Gasteiger partial charge is 0.305 e. The van der Waals surface area contributed by atoms with Crippen molar-refractivity contribution in [2.24, 2.45) is 0 Å². The lowest BCUT2D eigenvalue weighted by Gasteiger charge is -2.20. The minimum absolute atomic E-state index is 0.0136. The number of aliphatic hydroxyl groups excluding tert-OH is 2. The van der Waals surface area contributed by atoms with Gasteiger partial charge >= 0.3 is 5.97 Å². The van der Waals surface area contributed by atoms with Crippen LogP contribution in [-0.2, 0) is 14.3 Å². The summed E-state index contributed by atoms with van der Waals surface area (Å²) >= 11 is 0. The van der Waals surface area contributed by atoms with Crippen LogP contribution in [0.25, 0.3) is 0 Å². The number of unbranched alkanes of at least 4 members (excludes halogenated alkanes) is 36. The van der Waals surface area contributed by atoms with Gasteiger partial charge in [-0.05, 0) is 57.8 Å². The summed E-state index contributed by atoms with van der Waals surface area (Å²) in [5, 5.41) is 23.1. The van der Waals surface area contributed by atoms with Crippen LogP contribution in [0.1, 0.15) is 284 Å². The van der Waals surface area contributed by atoms with Crippen LogP contribution in [-0.4, -0.2) is 47.4 Å². The lowest BCUT2D eigenvalue weighted by atomic mass is 10.0. The van der Waals surface area contributed by atoms with Crippen LogP contribution in [0.15, 0.2) is 24.3 Å². The number of carbonyl (C=O) groups excluding carboxylic acids is 2. The van der Waals surface area contributed by atoms with Crippen molar-refractivity contribution in [3.8, 4) is 0 Å². The Hall–Kier alpha value is -1.66. The van der Waals surface area contributed by atoms with Gasteiger partial charge in [-0.25, -0.2) is 0 Å². The van der Waals surface area contributed by atoms with E-state index in [1.54, 1.807) is 6.08 Å². The van der Waals surface area contributed by atoms with Gasteiger partial charge in [0.25, 0.3) is 0 Å². The van der Waals surface area contributed by atoms with E-state index in [2.05, 4.69) is 31.3 Å². The zero-order chi connectivity index (χ0) is 43.7. The van der Waals surface area contributed by atoms with Crippen molar-refractivity contribution in [2.75, 3.05) is 13.2 Å². The number of nitrogens with one attached hydrogen (secondary N) is 1. The summed E-state index contributed by atoms with van der Waals surface area (Å²) in [5.74, 6) is -0.0912. The number of amides is 1. The van der Waals surface area contributed by atoms with Crippen LogP contribution in [0.3, 0.4) is 0 Å². The zero-order valence-corrected chi connectivity index (χ0v) is 40.2. The molecule has 0 aliphatic carbocycles. The van der Waals surface area contributed by atoms with Gasteiger partial charge in [0, 0.05) is 12.8 Å². The number of aliphatic hydroxyl groups is 2. The van der Waals surface area contributed by atoms with E-state index in [4.69, 9.17) is 4.74 Å². The minimum Gasteiger partial charge on any atom is -0.466 e. The van der Waals surface area contributed by atoms with E-state index in [1.165, 1.54) is 199 Å². The van der Waals surface area contributed by atoms with Crippen molar-refractivity contribution in [3.63, 3.8) is 0 Å². The van der Waals surface area contributed by atoms with Gasteiger partial charge in [-0.1, -0.05) is 237 Å². The van der Waals surface area contributed by atoms with Gasteiger partial charge in [-0.15, -0.1) is 0 Å². The van der Waals surface area contributed by atoms with Crippen LogP contribution in [0, 0.1) is 0 Å². The Morgan fingerprint density at radius 3 is 1.22 bits per heavy atom. The Morgan fingerprint density at radius 2 is 0.783 bits per heavy atom. The molecule has 0 aliphatic heterocycles. The van der Waals surface area contributed by atoms with Crippen LogP contribution in [0.4, 0.5) is 0 Å². The van der Waals surface area contributed by atoms with Crippen LogP contribution in [0.2, 0.25) is 0 Å².